The Morgan fingerprint density at radius 2 is 1.86 bits per heavy atom. The highest BCUT2D eigenvalue weighted by molar-refractivity contribution is 9.10. The molecule has 8 heteroatoms. The van der Waals surface area contributed by atoms with Gasteiger partial charge in [0, 0.05) is 14.9 Å². The van der Waals surface area contributed by atoms with Crippen LogP contribution in [0.15, 0.2) is 59.1 Å². The summed E-state index contributed by atoms with van der Waals surface area (Å²) < 4.78 is 13.7. The molecule has 5 nitrogen and oxygen atoms in total. The maximum atomic E-state index is 12.5. The predicted molar refractivity (Wildman–Crippen MR) is 119 cm³/mol. The summed E-state index contributed by atoms with van der Waals surface area (Å²) in [7, 11) is 0. The minimum Gasteiger partial charge on any atom is -0.490 e. The standard InChI is InChI=1S/C21H16BrClN2O3S/c1-13-18-12-19(21(26)28-11-10-27-17-8-2-14(22)3-9-17)29-20(18)25(24-13)16-6-4-15(23)5-7-16/h2-9,12H,10-11H2,1H3. The number of fused-ring (bicyclic) bond motifs is 1. The first kappa shape index (κ1) is 19.9. The van der Waals surface area contributed by atoms with Crippen molar-refractivity contribution in [2.24, 2.45) is 0 Å². The Hall–Kier alpha value is -2.35. The zero-order valence-corrected chi connectivity index (χ0v) is 18.6. The number of hydrogen-bond acceptors (Lipinski definition) is 5. The molecule has 0 atom stereocenters. The molecule has 0 amide bonds. The lowest BCUT2D eigenvalue weighted by Crippen LogP contribution is -2.11. The van der Waals surface area contributed by atoms with E-state index in [4.69, 9.17) is 21.1 Å². The van der Waals surface area contributed by atoms with Gasteiger partial charge in [0.15, 0.2) is 0 Å². The molecular formula is C21H16BrClN2O3S. The lowest BCUT2D eigenvalue weighted by atomic mass is 10.3. The molecule has 0 aliphatic heterocycles. The second-order valence-electron chi connectivity index (χ2n) is 6.24. The van der Waals surface area contributed by atoms with E-state index in [0.29, 0.717) is 9.90 Å². The van der Waals surface area contributed by atoms with Gasteiger partial charge in [0.05, 0.1) is 11.4 Å². The summed E-state index contributed by atoms with van der Waals surface area (Å²) in [6.07, 6.45) is 0. The predicted octanol–water partition coefficient (Wildman–Crippen LogP) is 6.05. The second kappa shape index (κ2) is 8.57. The van der Waals surface area contributed by atoms with Crippen LogP contribution in [0.2, 0.25) is 5.02 Å². The van der Waals surface area contributed by atoms with E-state index >= 15 is 0 Å². The van der Waals surface area contributed by atoms with Crippen LogP contribution in [0, 0.1) is 6.92 Å². The van der Waals surface area contributed by atoms with Crippen LogP contribution in [0.3, 0.4) is 0 Å². The lowest BCUT2D eigenvalue weighted by molar-refractivity contribution is 0.0456. The number of aromatic nitrogens is 2. The molecule has 148 valence electrons. The van der Waals surface area contributed by atoms with Gasteiger partial charge in [0.25, 0.3) is 0 Å². The van der Waals surface area contributed by atoms with Crippen molar-refractivity contribution < 1.29 is 14.3 Å². The van der Waals surface area contributed by atoms with Crippen molar-refractivity contribution in [2.45, 2.75) is 6.92 Å². The van der Waals surface area contributed by atoms with Gasteiger partial charge in [0.1, 0.15) is 28.7 Å². The molecule has 0 unspecified atom stereocenters. The first-order valence-corrected chi connectivity index (χ1v) is 10.8. The van der Waals surface area contributed by atoms with Crippen LogP contribution in [0.25, 0.3) is 15.9 Å². The fraction of sp³-hybridized carbons (Fsp3) is 0.143. The van der Waals surface area contributed by atoms with Crippen molar-refractivity contribution in [3.63, 3.8) is 0 Å². The van der Waals surface area contributed by atoms with Crippen molar-refractivity contribution in [3.8, 4) is 11.4 Å². The van der Waals surface area contributed by atoms with E-state index in [1.165, 1.54) is 11.3 Å². The summed E-state index contributed by atoms with van der Waals surface area (Å²) in [5, 5.41) is 6.17. The van der Waals surface area contributed by atoms with Gasteiger partial charge in [-0.05, 0) is 61.5 Å². The first-order valence-electron chi connectivity index (χ1n) is 8.82. The summed E-state index contributed by atoms with van der Waals surface area (Å²) >= 11 is 10.7. The number of carbonyl (C=O) groups excluding carboxylic acids is 1. The van der Waals surface area contributed by atoms with Crippen LogP contribution < -0.4 is 4.74 Å². The molecule has 2 aromatic heterocycles. The van der Waals surface area contributed by atoms with Gasteiger partial charge in [-0.2, -0.15) is 5.10 Å². The van der Waals surface area contributed by atoms with Gasteiger partial charge >= 0.3 is 5.97 Å². The largest absolute Gasteiger partial charge is 0.490 e. The molecule has 4 aromatic rings. The molecule has 0 bridgehead atoms. The van der Waals surface area contributed by atoms with Gasteiger partial charge in [0.2, 0.25) is 0 Å². The molecule has 0 aliphatic carbocycles. The van der Waals surface area contributed by atoms with E-state index in [-0.39, 0.29) is 19.2 Å². The summed E-state index contributed by atoms with van der Waals surface area (Å²) in [5.74, 6) is 0.359. The van der Waals surface area contributed by atoms with Crippen molar-refractivity contribution in [2.75, 3.05) is 13.2 Å². The second-order valence-corrected chi connectivity index (χ2v) is 8.62. The molecule has 0 fully saturated rings. The average molecular weight is 492 g/mol. The molecule has 29 heavy (non-hydrogen) atoms. The van der Waals surface area contributed by atoms with E-state index in [2.05, 4.69) is 21.0 Å². The van der Waals surface area contributed by atoms with Crippen molar-refractivity contribution in [1.29, 1.82) is 0 Å². The van der Waals surface area contributed by atoms with Gasteiger partial charge in [-0.15, -0.1) is 11.3 Å². The Morgan fingerprint density at radius 1 is 1.14 bits per heavy atom. The molecule has 0 N–H and O–H groups in total. The third-order valence-electron chi connectivity index (χ3n) is 4.22. The maximum Gasteiger partial charge on any atom is 0.348 e. The average Bonchev–Trinajstić information content (AvgIpc) is 3.28. The number of carbonyl (C=O) groups is 1. The van der Waals surface area contributed by atoms with E-state index in [1.54, 1.807) is 0 Å². The maximum absolute atomic E-state index is 12.5. The molecule has 2 aromatic carbocycles. The summed E-state index contributed by atoms with van der Waals surface area (Å²) in [5.41, 5.74) is 1.74. The van der Waals surface area contributed by atoms with Crippen LogP contribution in [0.1, 0.15) is 15.4 Å². The van der Waals surface area contributed by atoms with Crippen molar-refractivity contribution in [3.05, 3.63) is 74.7 Å². The smallest absolute Gasteiger partial charge is 0.348 e. The Labute approximate surface area is 184 Å². The third-order valence-corrected chi connectivity index (χ3v) is 6.09. The summed E-state index contributed by atoms with van der Waals surface area (Å²) in [6.45, 7) is 2.38. The van der Waals surface area contributed by atoms with Gasteiger partial charge in [-0.1, -0.05) is 27.5 Å². The SMILES string of the molecule is Cc1nn(-c2ccc(Cl)cc2)c2sc(C(=O)OCCOc3ccc(Br)cc3)cc12. The molecule has 0 spiro atoms. The molecular weight excluding hydrogens is 476 g/mol. The van der Waals surface area contributed by atoms with Gasteiger partial charge in [-0.3, -0.25) is 0 Å². The Balaban J connectivity index is 1.43. The number of rotatable bonds is 6. The Morgan fingerprint density at radius 3 is 2.59 bits per heavy atom. The van der Waals surface area contributed by atoms with Gasteiger partial charge in [-0.25, -0.2) is 9.48 Å². The summed E-state index contributed by atoms with van der Waals surface area (Å²) in [4.78, 5) is 13.9. The van der Waals surface area contributed by atoms with E-state index < -0.39 is 0 Å². The molecule has 0 aliphatic rings. The fourth-order valence-corrected chi connectivity index (χ4v) is 4.27. The quantitative estimate of drug-likeness (QED) is 0.243. The highest BCUT2D eigenvalue weighted by Gasteiger charge is 2.18. The number of hydrogen-bond donors (Lipinski definition) is 0. The molecule has 0 saturated carbocycles. The number of halogens is 2. The highest BCUT2D eigenvalue weighted by Crippen LogP contribution is 2.31. The minimum atomic E-state index is -0.368. The minimum absolute atomic E-state index is 0.172. The number of benzene rings is 2. The number of aryl methyl sites for hydroxylation is 1. The van der Waals surface area contributed by atoms with Crippen LogP contribution >= 0.6 is 38.9 Å². The molecule has 2 heterocycles. The van der Waals surface area contributed by atoms with E-state index in [0.717, 1.165) is 31.8 Å². The van der Waals surface area contributed by atoms with Crippen LogP contribution in [-0.2, 0) is 4.74 Å². The first-order chi connectivity index (χ1) is 14.0. The van der Waals surface area contributed by atoms with E-state index in [9.17, 15) is 4.79 Å². The zero-order chi connectivity index (χ0) is 20.4. The fourth-order valence-electron chi connectivity index (χ4n) is 2.80. The molecule has 0 saturated heterocycles. The summed E-state index contributed by atoms with van der Waals surface area (Å²) in [6, 6.07) is 16.7. The number of nitrogens with zero attached hydrogens (tertiary/aromatic N) is 2. The molecule has 4 rings (SSSR count). The van der Waals surface area contributed by atoms with Crippen molar-refractivity contribution in [1.82, 2.24) is 9.78 Å². The third kappa shape index (κ3) is 4.47. The Kier molecular flexibility index (Phi) is 5.89. The highest BCUT2D eigenvalue weighted by atomic mass is 79.9. The number of thiophene rings is 1. The number of esters is 1. The normalized spacial score (nSPS) is 11.0. The van der Waals surface area contributed by atoms with Crippen LogP contribution in [0.5, 0.6) is 5.75 Å². The zero-order valence-electron chi connectivity index (χ0n) is 15.4. The molecule has 0 radical (unpaired) electrons. The van der Waals surface area contributed by atoms with E-state index in [1.807, 2.05) is 66.2 Å². The lowest BCUT2D eigenvalue weighted by Gasteiger charge is -2.06. The van der Waals surface area contributed by atoms with Crippen molar-refractivity contribution >= 4 is 55.1 Å². The monoisotopic (exact) mass is 490 g/mol. The Bertz CT molecular complexity index is 1150. The van der Waals surface area contributed by atoms with Crippen LogP contribution in [-0.4, -0.2) is 29.0 Å². The van der Waals surface area contributed by atoms with Crippen LogP contribution in [0.4, 0.5) is 0 Å². The topological polar surface area (TPSA) is 53.4 Å². The van der Waals surface area contributed by atoms with Gasteiger partial charge < -0.3 is 9.47 Å². The number of ether oxygens (including phenoxy) is 2.